The summed E-state index contributed by atoms with van der Waals surface area (Å²) in [6.45, 7) is 1.86. The predicted octanol–water partition coefficient (Wildman–Crippen LogP) is 2.02. The molecule has 0 saturated carbocycles. The number of ether oxygens (including phenoxy) is 1. The lowest BCUT2D eigenvalue weighted by Crippen LogP contribution is -2.43. The van der Waals surface area contributed by atoms with Gasteiger partial charge in [0.2, 0.25) is 0 Å². The Balaban J connectivity index is 3.16. The van der Waals surface area contributed by atoms with Crippen molar-refractivity contribution in [3.8, 4) is 0 Å². The molecule has 4 nitrogen and oxygen atoms in total. The average molecular weight is 252 g/mol. The Morgan fingerprint density at radius 2 is 2.00 bits per heavy atom. The van der Waals surface area contributed by atoms with Crippen LogP contribution in [0.3, 0.4) is 0 Å². The maximum Gasteiger partial charge on any atom is 0.309 e. The molecule has 0 saturated heterocycles. The summed E-state index contributed by atoms with van der Waals surface area (Å²) in [7, 11) is 1.46. The molecular weight excluding hydrogens is 232 g/mol. The van der Waals surface area contributed by atoms with Crippen LogP contribution in [0.5, 0.6) is 0 Å². The van der Waals surface area contributed by atoms with Crippen molar-refractivity contribution in [2.24, 2.45) is 5.92 Å². The van der Waals surface area contributed by atoms with E-state index in [2.05, 4.69) is 0 Å². The molecule has 0 aromatic heterocycles. The third kappa shape index (κ3) is 3.09. The predicted molar refractivity (Wildman–Crippen MR) is 68.2 cm³/mol. The van der Waals surface area contributed by atoms with E-state index in [9.17, 15) is 15.0 Å². The third-order valence-electron chi connectivity index (χ3n) is 3.09. The average Bonchev–Trinajstić information content (AvgIpc) is 2.36. The van der Waals surface area contributed by atoms with Gasteiger partial charge in [-0.25, -0.2) is 0 Å². The second kappa shape index (κ2) is 6.52. The van der Waals surface area contributed by atoms with Gasteiger partial charge in [-0.2, -0.15) is 0 Å². The van der Waals surface area contributed by atoms with Crippen LogP contribution in [-0.4, -0.2) is 29.9 Å². The summed E-state index contributed by atoms with van der Waals surface area (Å²) in [4.78, 5) is 11.4. The molecule has 0 aliphatic carbocycles. The number of aliphatic carboxylic acids is 1. The van der Waals surface area contributed by atoms with Crippen LogP contribution in [0, 0.1) is 5.92 Å². The Morgan fingerprint density at radius 1 is 1.39 bits per heavy atom. The molecule has 2 unspecified atom stereocenters. The minimum absolute atomic E-state index is 0.0338. The normalized spacial score (nSPS) is 15.9. The highest BCUT2D eigenvalue weighted by Crippen LogP contribution is 2.33. The Bertz CT molecular complexity index is 377. The van der Waals surface area contributed by atoms with Crippen LogP contribution in [0.4, 0.5) is 0 Å². The van der Waals surface area contributed by atoms with Crippen molar-refractivity contribution in [2.75, 3.05) is 13.7 Å². The van der Waals surface area contributed by atoms with Gasteiger partial charge in [-0.1, -0.05) is 43.7 Å². The molecule has 2 N–H and O–H groups in total. The fourth-order valence-corrected chi connectivity index (χ4v) is 2.19. The Labute approximate surface area is 107 Å². The number of aliphatic hydroxyl groups is 1. The monoisotopic (exact) mass is 252 g/mol. The SMILES string of the molecule is CCCC(C(=O)O)C(O)(COC)c1ccccc1. The van der Waals surface area contributed by atoms with Crippen LogP contribution in [0.25, 0.3) is 0 Å². The van der Waals surface area contributed by atoms with Crippen molar-refractivity contribution in [1.29, 1.82) is 0 Å². The number of methoxy groups -OCH3 is 1. The zero-order valence-corrected chi connectivity index (χ0v) is 10.8. The van der Waals surface area contributed by atoms with E-state index >= 15 is 0 Å². The van der Waals surface area contributed by atoms with Gasteiger partial charge in [-0.3, -0.25) is 4.79 Å². The summed E-state index contributed by atoms with van der Waals surface area (Å²) < 4.78 is 5.03. The zero-order valence-electron chi connectivity index (χ0n) is 10.8. The smallest absolute Gasteiger partial charge is 0.309 e. The molecule has 0 fully saturated rings. The van der Waals surface area contributed by atoms with E-state index in [0.29, 0.717) is 18.4 Å². The minimum Gasteiger partial charge on any atom is -0.481 e. The fraction of sp³-hybridized carbons (Fsp3) is 0.500. The van der Waals surface area contributed by atoms with Gasteiger partial charge >= 0.3 is 5.97 Å². The maximum atomic E-state index is 11.4. The molecule has 0 heterocycles. The number of hydrogen-bond donors (Lipinski definition) is 2. The lowest BCUT2D eigenvalue weighted by molar-refractivity contribution is -0.159. The van der Waals surface area contributed by atoms with E-state index in [0.717, 1.165) is 0 Å². The zero-order chi connectivity index (χ0) is 13.6. The molecule has 2 atom stereocenters. The largest absolute Gasteiger partial charge is 0.481 e. The molecule has 0 amide bonds. The molecule has 1 aromatic carbocycles. The number of carboxylic acids is 1. The fourth-order valence-electron chi connectivity index (χ4n) is 2.19. The van der Waals surface area contributed by atoms with Crippen LogP contribution < -0.4 is 0 Å². The first kappa shape index (κ1) is 14.7. The topological polar surface area (TPSA) is 66.8 Å². The molecule has 0 radical (unpaired) electrons. The lowest BCUT2D eigenvalue weighted by Gasteiger charge is -2.33. The summed E-state index contributed by atoms with van der Waals surface area (Å²) in [6, 6.07) is 8.84. The van der Waals surface area contributed by atoms with E-state index < -0.39 is 17.5 Å². The molecule has 0 spiro atoms. The standard InChI is InChI=1S/C14H20O4/c1-3-7-12(13(15)16)14(17,10-18-2)11-8-5-4-6-9-11/h4-6,8-9,12,17H,3,7,10H2,1-2H3,(H,15,16). The van der Waals surface area contributed by atoms with E-state index in [1.54, 1.807) is 24.3 Å². The minimum atomic E-state index is -1.49. The highest BCUT2D eigenvalue weighted by Gasteiger charge is 2.42. The van der Waals surface area contributed by atoms with Crippen LogP contribution in [-0.2, 0) is 15.1 Å². The van der Waals surface area contributed by atoms with Gasteiger partial charge < -0.3 is 14.9 Å². The first-order chi connectivity index (χ1) is 8.56. The van der Waals surface area contributed by atoms with Gasteiger partial charge in [-0.15, -0.1) is 0 Å². The van der Waals surface area contributed by atoms with Gasteiger partial charge in [-0.05, 0) is 12.0 Å². The molecule has 100 valence electrons. The Morgan fingerprint density at radius 3 is 2.44 bits per heavy atom. The van der Waals surface area contributed by atoms with Crippen molar-refractivity contribution < 1.29 is 19.7 Å². The second-order valence-corrected chi connectivity index (χ2v) is 4.40. The van der Waals surface area contributed by atoms with Gasteiger partial charge in [0, 0.05) is 7.11 Å². The van der Waals surface area contributed by atoms with Crippen molar-refractivity contribution in [3.05, 3.63) is 35.9 Å². The number of carboxylic acid groups (broad SMARTS) is 1. The van der Waals surface area contributed by atoms with E-state index in [1.165, 1.54) is 7.11 Å². The maximum absolute atomic E-state index is 11.4. The van der Waals surface area contributed by atoms with E-state index in [1.807, 2.05) is 13.0 Å². The molecule has 0 bridgehead atoms. The van der Waals surface area contributed by atoms with Crippen molar-refractivity contribution in [1.82, 2.24) is 0 Å². The first-order valence-electron chi connectivity index (χ1n) is 6.06. The summed E-state index contributed by atoms with van der Waals surface area (Å²) in [5, 5.41) is 20.1. The highest BCUT2D eigenvalue weighted by atomic mass is 16.5. The van der Waals surface area contributed by atoms with Crippen molar-refractivity contribution in [3.63, 3.8) is 0 Å². The molecule has 1 rings (SSSR count). The molecule has 18 heavy (non-hydrogen) atoms. The number of carbonyl (C=O) groups is 1. The molecule has 0 aliphatic heterocycles. The molecular formula is C14H20O4. The quantitative estimate of drug-likeness (QED) is 0.779. The number of rotatable bonds is 7. The van der Waals surface area contributed by atoms with Crippen LogP contribution in [0.15, 0.2) is 30.3 Å². The molecule has 1 aromatic rings. The van der Waals surface area contributed by atoms with Crippen molar-refractivity contribution >= 4 is 5.97 Å². The van der Waals surface area contributed by atoms with Crippen molar-refractivity contribution in [2.45, 2.75) is 25.4 Å². The highest BCUT2D eigenvalue weighted by molar-refractivity contribution is 5.72. The summed E-state index contributed by atoms with van der Waals surface area (Å²) >= 11 is 0. The number of benzene rings is 1. The lowest BCUT2D eigenvalue weighted by atomic mass is 9.79. The third-order valence-corrected chi connectivity index (χ3v) is 3.09. The van der Waals surface area contributed by atoms with Crippen LogP contribution in [0.2, 0.25) is 0 Å². The van der Waals surface area contributed by atoms with Crippen LogP contribution in [0.1, 0.15) is 25.3 Å². The summed E-state index contributed by atoms with van der Waals surface area (Å²) in [6.07, 6.45) is 1.10. The Hall–Kier alpha value is -1.39. The first-order valence-corrected chi connectivity index (χ1v) is 6.06. The summed E-state index contributed by atoms with van der Waals surface area (Å²) in [5.74, 6) is -1.87. The van der Waals surface area contributed by atoms with E-state index in [4.69, 9.17) is 4.74 Å². The number of hydrogen-bond acceptors (Lipinski definition) is 3. The molecule has 4 heteroatoms. The van der Waals surface area contributed by atoms with Gasteiger partial charge in [0.05, 0.1) is 12.5 Å². The van der Waals surface area contributed by atoms with Gasteiger partial charge in [0.15, 0.2) is 0 Å². The van der Waals surface area contributed by atoms with Gasteiger partial charge in [0.1, 0.15) is 5.60 Å². The van der Waals surface area contributed by atoms with Gasteiger partial charge in [0.25, 0.3) is 0 Å². The summed E-state index contributed by atoms with van der Waals surface area (Å²) in [5.41, 5.74) is -0.912. The Kier molecular flexibility index (Phi) is 5.31. The van der Waals surface area contributed by atoms with E-state index in [-0.39, 0.29) is 6.61 Å². The molecule has 0 aliphatic rings. The van der Waals surface area contributed by atoms with Crippen LogP contribution >= 0.6 is 0 Å². The second-order valence-electron chi connectivity index (χ2n) is 4.40.